The standard InChI is InChI=1S/C21H31N5O2S/c1-15-5-6-16(2)19(13-15)26-18(4)23-24-21(26)29-14-20(27)22-17(3)7-8-25-9-11-28-12-10-25/h5-6,13,17H,7-12,14H2,1-4H3,(H,22,27). The Morgan fingerprint density at radius 1 is 1.24 bits per heavy atom. The van der Waals surface area contributed by atoms with Crippen LogP contribution in [-0.4, -0.2) is 70.2 Å². The number of rotatable bonds is 8. The predicted molar refractivity (Wildman–Crippen MR) is 116 cm³/mol. The first kappa shape index (κ1) is 21.8. The fourth-order valence-corrected chi connectivity index (χ4v) is 4.20. The number of hydrogen-bond acceptors (Lipinski definition) is 6. The second-order valence-corrected chi connectivity index (χ2v) is 8.60. The van der Waals surface area contributed by atoms with Gasteiger partial charge < -0.3 is 10.1 Å². The van der Waals surface area contributed by atoms with Crippen molar-refractivity contribution in [2.24, 2.45) is 0 Å². The maximum absolute atomic E-state index is 12.4. The van der Waals surface area contributed by atoms with Crippen LogP contribution < -0.4 is 5.32 Å². The Hall–Kier alpha value is -1.90. The summed E-state index contributed by atoms with van der Waals surface area (Å²) in [7, 11) is 0. The molecule has 1 unspecified atom stereocenters. The summed E-state index contributed by atoms with van der Waals surface area (Å²) < 4.78 is 7.40. The van der Waals surface area contributed by atoms with E-state index in [1.807, 2.05) is 11.5 Å². The average Bonchev–Trinajstić information content (AvgIpc) is 3.08. The summed E-state index contributed by atoms with van der Waals surface area (Å²) in [6.45, 7) is 12.7. The third-order valence-corrected chi connectivity index (χ3v) is 6.05. The molecule has 1 aromatic carbocycles. The molecule has 0 aliphatic carbocycles. The number of amides is 1. The molecule has 2 heterocycles. The molecule has 158 valence electrons. The number of nitrogens with one attached hydrogen (secondary N) is 1. The number of carbonyl (C=O) groups is 1. The largest absolute Gasteiger partial charge is 0.379 e. The van der Waals surface area contributed by atoms with Crippen molar-refractivity contribution < 1.29 is 9.53 Å². The Morgan fingerprint density at radius 3 is 2.76 bits per heavy atom. The van der Waals surface area contributed by atoms with Gasteiger partial charge in [-0.25, -0.2) is 0 Å². The lowest BCUT2D eigenvalue weighted by Crippen LogP contribution is -2.40. The van der Waals surface area contributed by atoms with Crippen LogP contribution >= 0.6 is 11.8 Å². The van der Waals surface area contributed by atoms with Gasteiger partial charge in [-0.05, 0) is 51.3 Å². The van der Waals surface area contributed by atoms with E-state index in [4.69, 9.17) is 4.74 Å². The van der Waals surface area contributed by atoms with E-state index < -0.39 is 0 Å². The fourth-order valence-electron chi connectivity index (χ4n) is 3.39. The minimum absolute atomic E-state index is 0.0256. The van der Waals surface area contributed by atoms with Crippen molar-refractivity contribution in [2.45, 2.75) is 45.3 Å². The van der Waals surface area contributed by atoms with Gasteiger partial charge in [0.25, 0.3) is 0 Å². The van der Waals surface area contributed by atoms with Gasteiger partial charge in [0.1, 0.15) is 5.82 Å². The molecule has 1 N–H and O–H groups in total. The number of ether oxygens (including phenoxy) is 1. The molecule has 0 radical (unpaired) electrons. The second kappa shape index (κ2) is 10.2. The van der Waals surface area contributed by atoms with Crippen LogP contribution in [0.25, 0.3) is 5.69 Å². The Balaban J connectivity index is 1.53. The molecule has 0 spiro atoms. The zero-order valence-electron chi connectivity index (χ0n) is 17.8. The molecule has 29 heavy (non-hydrogen) atoms. The van der Waals surface area contributed by atoms with Crippen LogP contribution in [0.3, 0.4) is 0 Å². The number of aromatic nitrogens is 3. The molecule has 0 bridgehead atoms. The van der Waals surface area contributed by atoms with Gasteiger partial charge in [-0.15, -0.1) is 10.2 Å². The lowest BCUT2D eigenvalue weighted by atomic mass is 10.1. The van der Waals surface area contributed by atoms with Gasteiger partial charge in [0.2, 0.25) is 5.91 Å². The molecular formula is C21H31N5O2S. The van der Waals surface area contributed by atoms with Crippen molar-refractivity contribution in [3.8, 4) is 5.69 Å². The summed E-state index contributed by atoms with van der Waals surface area (Å²) in [5.74, 6) is 1.17. The summed E-state index contributed by atoms with van der Waals surface area (Å²) in [6.07, 6.45) is 0.939. The number of benzene rings is 1. The average molecular weight is 418 g/mol. The Labute approximate surface area is 177 Å². The molecular weight excluding hydrogens is 386 g/mol. The molecule has 3 rings (SSSR count). The van der Waals surface area contributed by atoms with E-state index in [2.05, 4.69) is 59.4 Å². The highest BCUT2D eigenvalue weighted by Gasteiger charge is 2.17. The number of morpholine rings is 1. The fraction of sp³-hybridized carbons (Fsp3) is 0.571. The topological polar surface area (TPSA) is 72.3 Å². The van der Waals surface area contributed by atoms with Gasteiger partial charge in [-0.1, -0.05) is 23.9 Å². The summed E-state index contributed by atoms with van der Waals surface area (Å²) in [5, 5.41) is 12.4. The van der Waals surface area contributed by atoms with Crippen molar-refractivity contribution in [2.75, 3.05) is 38.6 Å². The maximum atomic E-state index is 12.4. The van der Waals surface area contributed by atoms with Crippen LogP contribution in [-0.2, 0) is 9.53 Å². The van der Waals surface area contributed by atoms with Crippen LogP contribution in [0.4, 0.5) is 0 Å². The quantitative estimate of drug-likeness (QED) is 0.666. The zero-order chi connectivity index (χ0) is 20.8. The van der Waals surface area contributed by atoms with E-state index in [1.165, 1.54) is 17.3 Å². The molecule has 2 aromatic rings. The number of hydrogen-bond donors (Lipinski definition) is 1. The number of thioether (sulfide) groups is 1. The number of aryl methyl sites for hydroxylation is 3. The summed E-state index contributed by atoms with van der Waals surface area (Å²) in [6, 6.07) is 6.46. The Kier molecular flexibility index (Phi) is 7.69. The highest BCUT2D eigenvalue weighted by Crippen LogP contribution is 2.24. The minimum Gasteiger partial charge on any atom is -0.379 e. The van der Waals surface area contributed by atoms with Crippen LogP contribution in [0.5, 0.6) is 0 Å². The van der Waals surface area contributed by atoms with E-state index in [1.54, 1.807) is 0 Å². The van der Waals surface area contributed by atoms with Crippen LogP contribution in [0.1, 0.15) is 30.3 Å². The van der Waals surface area contributed by atoms with Crippen molar-refractivity contribution in [1.29, 1.82) is 0 Å². The van der Waals surface area contributed by atoms with E-state index in [0.29, 0.717) is 5.75 Å². The first-order valence-electron chi connectivity index (χ1n) is 10.2. The van der Waals surface area contributed by atoms with Crippen LogP contribution in [0.15, 0.2) is 23.4 Å². The molecule has 1 saturated heterocycles. The van der Waals surface area contributed by atoms with Gasteiger partial charge in [-0.3, -0.25) is 14.3 Å². The smallest absolute Gasteiger partial charge is 0.230 e. The van der Waals surface area contributed by atoms with Crippen molar-refractivity contribution in [3.05, 3.63) is 35.2 Å². The molecule has 8 heteroatoms. The first-order valence-corrected chi connectivity index (χ1v) is 11.1. The third kappa shape index (κ3) is 6.04. The minimum atomic E-state index is 0.0256. The molecule has 1 aliphatic heterocycles. The van der Waals surface area contributed by atoms with E-state index in [-0.39, 0.29) is 11.9 Å². The summed E-state index contributed by atoms with van der Waals surface area (Å²) in [5.41, 5.74) is 3.40. The molecule has 1 aromatic heterocycles. The summed E-state index contributed by atoms with van der Waals surface area (Å²) >= 11 is 1.42. The van der Waals surface area contributed by atoms with Crippen molar-refractivity contribution >= 4 is 17.7 Å². The highest BCUT2D eigenvalue weighted by molar-refractivity contribution is 7.99. The molecule has 1 amide bonds. The van der Waals surface area contributed by atoms with Crippen LogP contribution in [0.2, 0.25) is 0 Å². The second-order valence-electron chi connectivity index (χ2n) is 7.66. The van der Waals surface area contributed by atoms with Gasteiger partial charge in [0, 0.05) is 25.7 Å². The zero-order valence-corrected chi connectivity index (χ0v) is 18.6. The van der Waals surface area contributed by atoms with E-state index >= 15 is 0 Å². The van der Waals surface area contributed by atoms with Gasteiger partial charge in [-0.2, -0.15) is 0 Å². The van der Waals surface area contributed by atoms with Gasteiger partial charge in [0.05, 0.1) is 24.7 Å². The summed E-state index contributed by atoms with van der Waals surface area (Å²) in [4.78, 5) is 14.8. The van der Waals surface area contributed by atoms with Gasteiger partial charge in [0.15, 0.2) is 5.16 Å². The lowest BCUT2D eigenvalue weighted by Gasteiger charge is -2.27. The molecule has 1 fully saturated rings. The molecule has 0 saturated carbocycles. The van der Waals surface area contributed by atoms with Crippen molar-refractivity contribution in [1.82, 2.24) is 25.0 Å². The van der Waals surface area contributed by atoms with Gasteiger partial charge >= 0.3 is 0 Å². The van der Waals surface area contributed by atoms with Crippen molar-refractivity contribution in [3.63, 3.8) is 0 Å². The Bertz CT molecular complexity index is 832. The van der Waals surface area contributed by atoms with E-state index in [0.717, 1.165) is 61.5 Å². The van der Waals surface area contributed by atoms with Crippen LogP contribution in [0, 0.1) is 20.8 Å². The first-order chi connectivity index (χ1) is 13.9. The highest BCUT2D eigenvalue weighted by atomic mass is 32.2. The molecule has 7 nitrogen and oxygen atoms in total. The maximum Gasteiger partial charge on any atom is 0.230 e. The normalized spacial score (nSPS) is 16.0. The monoisotopic (exact) mass is 417 g/mol. The lowest BCUT2D eigenvalue weighted by molar-refractivity contribution is -0.119. The Morgan fingerprint density at radius 2 is 2.00 bits per heavy atom. The molecule has 1 atom stereocenters. The van der Waals surface area contributed by atoms with E-state index in [9.17, 15) is 4.79 Å². The third-order valence-electron chi connectivity index (χ3n) is 5.12. The molecule has 1 aliphatic rings. The number of nitrogens with zero attached hydrogens (tertiary/aromatic N) is 4. The SMILES string of the molecule is Cc1ccc(C)c(-n2c(C)nnc2SCC(=O)NC(C)CCN2CCOCC2)c1. The predicted octanol–water partition coefficient (Wildman–Crippen LogP) is 2.51. The number of carbonyl (C=O) groups excluding carboxylic acids is 1.